The molecule has 1 aromatic heterocycles. The van der Waals surface area contributed by atoms with Crippen molar-refractivity contribution in [3.8, 4) is 0 Å². The number of halogens is 1. The molecule has 2 rings (SSSR count). The summed E-state index contributed by atoms with van der Waals surface area (Å²) >= 11 is 0. The zero-order valence-electron chi connectivity index (χ0n) is 18.9. The van der Waals surface area contributed by atoms with Crippen molar-refractivity contribution in [1.29, 1.82) is 0 Å². The van der Waals surface area contributed by atoms with Crippen molar-refractivity contribution in [3.63, 3.8) is 0 Å². The average Bonchev–Trinajstić information content (AvgIpc) is 2.75. The van der Waals surface area contributed by atoms with E-state index in [2.05, 4.69) is 23.9 Å². The van der Waals surface area contributed by atoms with E-state index in [9.17, 15) is 19.1 Å². The summed E-state index contributed by atoms with van der Waals surface area (Å²) in [6.07, 6.45) is 2.70. The fraction of sp³-hybridized carbons (Fsp3) is 0.292. The summed E-state index contributed by atoms with van der Waals surface area (Å²) in [7, 11) is 4.06. The van der Waals surface area contributed by atoms with Crippen LogP contribution in [0.5, 0.6) is 0 Å². The molecule has 0 aliphatic carbocycles. The molecular formula is C24H29FLrN4O3-2. The molecule has 0 fully saturated rings. The van der Waals surface area contributed by atoms with E-state index in [4.69, 9.17) is 0 Å². The number of carbonyl (C=O) groups is 2. The minimum atomic E-state index is -1.10. The second-order valence-corrected chi connectivity index (χ2v) is 7.47. The first-order valence-corrected chi connectivity index (χ1v) is 10.2. The van der Waals surface area contributed by atoms with E-state index >= 15 is 0 Å². The number of nitrogens with one attached hydrogen (secondary N) is 1. The summed E-state index contributed by atoms with van der Waals surface area (Å²) in [5, 5.41) is 12.5. The van der Waals surface area contributed by atoms with Crippen LogP contribution in [0.1, 0.15) is 40.1 Å². The molecule has 0 aliphatic rings. The Bertz CT molecular complexity index is 986. The van der Waals surface area contributed by atoms with Gasteiger partial charge in [-0.25, -0.2) is 20.7 Å². The third-order valence-corrected chi connectivity index (χ3v) is 5.09. The SMILES string of the molecule is C=CC(=O)N([CH-]C)CCN([CH2-])CC(Nc1cnc(C(=O)O)c(C)c1)c1ccc(C)c(F)c1.[Lr]. The van der Waals surface area contributed by atoms with Gasteiger partial charge < -0.3 is 20.2 Å². The first kappa shape index (κ1) is 26.8. The molecule has 0 bridgehead atoms. The Morgan fingerprint density at radius 2 is 2.00 bits per heavy atom. The van der Waals surface area contributed by atoms with Gasteiger partial charge in [-0.05, 0) is 61.8 Å². The summed E-state index contributed by atoms with van der Waals surface area (Å²) in [4.78, 5) is 30.4. The van der Waals surface area contributed by atoms with Gasteiger partial charge in [0.1, 0.15) is 5.82 Å². The Kier molecular flexibility index (Phi) is 9.70. The number of nitrogens with zero attached hydrogens (tertiary/aromatic N) is 3. The van der Waals surface area contributed by atoms with Gasteiger partial charge in [0.05, 0.1) is 17.9 Å². The van der Waals surface area contributed by atoms with Crippen LogP contribution in [0.2, 0.25) is 0 Å². The van der Waals surface area contributed by atoms with E-state index in [0.29, 0.717) is 42.0 Å². The molecule has 0 aliphatic heterocycles. The number of hydrogen-bond donors (Lipinski definition) is 2. The number of aromatic nitrogens is 1. The van der Waals surface area contributed by atoms with Crippen molar-refractivity contribution >= 4 is 17.6 Å². The van der Waals surface area contributed by atoms with Gasteiger partial charge in [-0.2, -0.15) is 6.92 Å². The molecule has 0 spiro atoms. The normalized spacial score (nSPS) is 11.5. The maximum absolute atomic E-state index is 14.3. The summed E-state index contributed by atoms with van der Waals surface area (Å²) in [5.74, 6) is -1.61. The van der Waals surface area contributed by atoms with Gasteiger partial charge in [-0.3, -0.25) is 11.8 Å². The summed E-state index contributed by atoms with van der Waals surface area (Å²) in [6, 6.07) is 6.36. The third kappa shape index (κ3) is 7.14. The molecule has 7 nitrogen and oxygen atoms in total. The molecule has 33 heavy (non-hydrogen) atoms. The first-order chi connectivity index (χ1) is 15.2. The quantitative estimate of drug-likeness (QED) is 0.273. The zero-order valence-corrected chi connectivity index (χ0v) is 21.0. The van der Waals surface area contributed by atoms with Crippen LogP contribution in [0.4, 0.5) is 10.1 Å². The van der Waals surface area contributed by atoms with Crippen molar-refractivity contribution in [1.82, 2.24) is 14.8 Å². The standard InChI is InChI=1S/C24H29FN4O3.Lr/c1-6-22(30)29(7-2)11-10-28(5)15-21(18-9-8-16(3)20(25)13-18)27-19-12-17(4)23(24(31)32)26-14-19;/h6-9,12-14,21,27H,1,5,10-11,15H2,2-4H3,(H,31,32);/q-2;. The molecule has 1 radical (unpaired) electrons. The Morgan fingerprint density at radius 3 is 2.55 bits per heavy atom. The molecule has 0 saturated heterocycles. The number of aryl methyl sites for hydroxylation is 2. The number of carboxylic acids is 1. The maximum atomic E-state index is 14.3. The van der Waals surface area contributed by atoms with Crippen LogP contribution in [0.25, 0.3) is 0 Å². The maximum Gasteiger partial charge on any atom is 0.354 e. The van der Waals surface area contributed by atoms with Crippen molar-refractivity contribution in [2.75, 3.05) is 25.0 Å². The predicted molar refractivity (Wildman–Crippen MR) is 122 cm³/mol. The van der Waals surface area contributed by atoms with Crippen LogP contribution in [0.3, 0.4) is 0 Å². The average molecular weight is 703 g/mol. The minimum absolute atomic E-state index is 0. The van der Waals surface area contributed by atoms with Gasteiger partial charge in [-0.1, -0.05) is 18.7 Å². The molecule has 187 valence electrons. The van der Waals surface area contributed by atoms with E-state index < -0.39 is 5.97 Å². The number of rotatable bonds is 11. The predicted octanol–water partition coefficient (Wildman–Crippen LogP) is 3.98. The molecule has 1 aromatic carbocycles. The van der Waals surface area contributed by atoms with E-state index in [1.165, 1.54) is 23.2 Å². The van der Waals surface area contributed by atoms with Crippen LogP contribution < -0.4 is 5.32 Å². The van der Waals surface area contributed by atoms with Crippen LogP contribution in [0, 0.1) is 33.3 Å². The number of anilines is 1. The van der Waals surface area contributed by atoms with Gasteiger partial charge in [0.2, 0.25) is 5.91 Å². The fourth-order valence-corrected chi connectivity index (χ4v) is 3.22. The number of hydrogen-bond acceptors (Lipinski definition) is 5. The summed E-state index contributed by atoms with van der Waals surface area (Å²) < 4.78 is 14.3. The van der Waals surface area contributed by atoms with Gasteiger partial charge in [0, 0.05) is 6.54 Å². The largest absolute Gasteiger partial charge is 0.489 e. The molecule has 9 heteroatoms. The smallest absolute Gasteiger partial charge is 0.354 e. The Hall–Kier alpha value is -4.26. The zero-order chi connectivity index (χ0) is 23.8. The Morgan fingerprint density at radius 1 is 1.30 bits per heavy atom. The number of benzene rings is 1. The summed E-state index contributed by atoms with van der Waals surface area (Å²) in [5.41, 5.74) is 2.36. The van der Waals surface area contributed by atoms with Crippen LogP contribution >= 0.6 is 0 Å². The molecule has 1 heterocycles. The van der Waals surface area contributed by atoms with E-state index in [1.807, 2.05) is 6.07 Å². The van der Waals surface area contributed by atoms with Gasteiger partial charge in [-0.15, -0.1) is 0 Å². The van der Waals surface area contributed by atoms with Crippen LogP contribution in [-0.4, -0.2) is 51.4 Å². The molecular weight excluding hydrogens is 673 g/mol. The van der Waals surface area contributed by atoms with Crippen molar-refractivity contribution in [3.05, 3.63) is 84.9 Å². The second kappa shape index (κ2) is 12.0. The van der Waals surface area contributed by atoms with E-state index in [0.717, 1.165) is 0 Å². The number of carboxylic acid groups (broad SMARTS) is 1. The molecule has 2 aromatic rings. The molecule has 1 atom stereocenters. The topological polar surface area (TPSA) is 85.8 Å². The number of aromatic carboxylic acids is 1. The summed E-state index contributed by atoms with van der Waals surface area (Å²) in [6.45, 7) is 11.6. The first-order valence-electron chi connectivity index (χ1n) is 10.2. The molecule has 2 N–H and O–H groups in total. The number of pyridine rings is 1. The molecule has 1 unspecified atom stereocenters. The fourth-order valence-electron chi connectivity index (χ4n) is 3.22. The van der Waals surface area contributed by atoms with Gasteiger partial charge >= 0.3 is 5.97 Å². The molecule has 1 amide bonds. The van der Waals surface area contributed by atoms with E-state index in [1.54, 1.807) is 44.3 Å². The molecule has 0 saturated carbocycles. The van der Waals surface area contributed by atoms with E-state index in [-0.39, 0.29) is 23.5 Å². The van der Waals surface area contributed by atoms with Crippen molar-refractivity contribution in [2.24, 2.45) is 0 Å². The number of carbonyl (C=O) groups excluding carboxylic acids is 1. The Labute approximate surface area is 188 Å². The van der Waals surface area contributed by atoms with Crippen molar-refractivity contribution < 1.29 is 19.1 Å². The van der Waals surface area contributed by atoms with Crippen molar-refractivity contribution in [2.45, 2.75) is 26.8 Å². The Balaban J connectivity index is 0.00000544. The monoisotopic (exact) mass is 702 g/mol. The van der Waals surface area contributed by atoms with Crippen LogP contribution in [0.15, 0.2) is 43.1 Å². The minimum Gasteiger partial charge on any atom is -0.489 e. The van der Waals surface area contributed by atoms with Gasteiger partial charge in [0.25, 0.3) is 0 Å². The third-order valence-electron chi connectivity index (χ3n) is 5.09. The van der Waals surface area contributed by atoms with Crippen LogP contribution in [-0.2, 0) is 4.79 Å². The second-order valence-electron chi connectivity index (χ2n) is 7.47. The number of amides is 1. The van der Waals surface area contributed by atoms with Gasteiger partial charge in [0.15, 0.2) is 5.69 Å².